The quantitative estimate of drug-likeness (QED) is 0.203. The van der Waals surface area contributed by atoms with Crippen LogP contribution in [-0.4, -0.2) is 38.0 Å². The van der Waals surface area contributed by atoms with Crippen molar-refractivity contribution >= 4 is 5.84 Å². The van der Waals surface area contributed by atoms with Crippen LogP contribution in [0, 0.1) is 5.41 Å². The summed E-state index contributed by atoms with van der Waals surface area (Å²) in [6, 6.07) is 0. The molecule has 0 unspecified atom stereocenters. The summed E-state index contributed by atoms with van der Waals surface area (Å²) < 4.78 is 10.4. The van der Waals surface area contributed by atoms with Crippen LogP contribution in [0.1, 0.15) is 39.5 Å². The first-order valence-corrected chi connectivity index (χ1v) is 6.09. The second-order valence-electron chi connectivity index (χ2n) is 4.78. The van der Waals surface area contributed by atoms with Gasteiger partial charge in [0.05, 0.1) is 0 Å². The molecule has 0 saturated heterocycles. The minimum absolute atomic E-state index is 0.245. The van der Waals surface area contributed by atoms with Gasteiger partial charge in [0.15, 0.2) is 0 Å². The SMILES string of the molecule is COCCCOCCCCC(C)(C)C(N)=NO. The zero-order chi connectivity index (χ0) is 13.1. The zero-order valence-corrected chi connectivity index (χ0v) is 11.2. The van der Waals surface area contributed by atoms with Crippen LogP contribution in [0.15, 0.2) is 5.16 Å². The number of nitrogens with zero attached hydrogens (tertiary/aromatic N) is 1. The van der Waals surface area contributed by atoms with Crippen molar-refractivity contribution < 1.29 is 14.7 Å². The van der Waals surface area contributed by atoms with Crippen molar-refractivity contribution in [2.45, 2.75) is 39.5 Å². The standard InChI is InChI=1S/C12H26N2O3/c1-12(2,11(13)14-15)7-4-5-9-17-10-6-8-16-3/h15H,4-10H2,1-3H3,(H2,13,14). The molecule has 0 atom stereocenters. The smallest absolute Gasteiger partial charge is 0.144 e. The molecule has 17 heavy (non-hydrogen) atoms. The van der Waals surface area contributed by atoms with Gasteiger partial charge in [-0.2, -0.15) is 0 Å². The van der Waals surface area contributed by atoms with Crippen molar-refractivity contribution in [3.63, 3.8) is 0 Å². The maximum atomic E-state index is 8.62. The summed E-state index contributed by atoms with van der Waals surface area (Å²) in [6.45, 7) is 6.20. The lowest BCUT2D eigenvalue weighted by Gasteiger charge is -2.22. The number of methoxy groups -OCH3 is 1. The fourth-order valence-electron chi connectivity index (χ4n) is 1.44. The summed E-state index contributed by atoms with van der Waals surface area (Å²) in [6.07, 6.45) is 3.83. The second kappa shape index (κ2) is 9.24. The first kappa shape index (κ1) is 16.2. The molecule has 5 heteroatoms. The molecule has 0 aliphatic carbocycles. The molecule has 0 amide bonds. The molecule has 0 rings (SSSR count). The van der Waals surface area contributed by atoms with E-state index in [9.17, 15) is 0 Å². The van der Waals surface area contributed by atoms with Gasteiger partial charge in [0, 0.05) is 32.3 Å². The Bertz CT molecular complexity index is 218. The van der Waals surface area contributed by atoms with Crippen molar-refractivity contribution in [1.82, 2.24) is 0 Å². The Morgan fingerprint density at radius 1 is 1.18 bits per heavy atom. The summed E-state index contributed by atoms with van der Waals surface area (Å²) in [5, 5.41) is 11.7. The van der Waals surface area contributed by atoms with Crippen LogP contribution in [0.3, 0.4) is 0 Å². The fourth-order valence-corrected chi connectivity index (χ4v) is 1.44. The van der Waals surface area contributed by atoms with E-state index in [0.29, 0.717) is 5.84 Å². The van der Waals surface area contributed by atoms with Gasteiger partial charge < -0.3 is 20.4 Å². The molecule has 0 aromatic carbocycles. The molecule has 3 N–H and O–H groups in total. The molecule has 0 saturated carbocycles. The minimum Gasteiger partial charge on any atom is -0.409 e. The van der Waals surface area contributed by atoms with E-state index in [1.165, 1.54) is 0 Å². The van der Waals surface area contributed by atoms with Crippen LogP contribution in [-0.2, 0) is 9.47 Å². The number of nitrogens with two attached hydrogens (primary N) is 1. The number of rotatable bonds is 10. The van der Waals surface area contributed by atoms with E-state index in [2.05, 4.69) is 5.16 Å². The Balaban J connectivity index is 3.45. The van der Waals surface area contributed by atoms with Crippen molar-refractivity contribution in [3.05, 3.63) is 0 Å². The van der Waals surface area contributed by atoms with Gasteiger partial charge in [-0.1, -0.05) is 25.4 Å². The van der Waals surface area contributed by atoms with Gasteiger partial charge in [0.2, 0.25) is 0 Å². The van der Waals surface area contributed by atoms with E-state index in [-0.39, 0.29) is 5.41 Å². The molecule has 0 aromatic heterocycles. The van der Waals surface area contributed by atoms with Crippen molar-refractivity contribution in [3.8, 4) is 0 Å². The minimum atomic E-state index is -0.245. The van der Waals surface area contributed by atoms with Gasteiger partial charge in [0.1, 0.15) is 5.84 Å². The Kier molecular flexibility index (Phi) is 8.80. The summed E-state index contributed by atoms with van der Waals surface area (Å²) in [5.74, 6) is 0.290. The lowest BCUT2D eigenvalue weighted by Crippen LogP contribution is -2.31. The average molecular weight is 246 g/mol. The third-order valence-corrected chi connectivity index (χ3v) is 2.78. The van der Waals surface area contributed by atoms with Gasteiger partial charge in [0.25, 0.3) is 0 Å². The number of oxime groups is 1. The Hall–Kier alpha value is -0.810. The molecule has 0 heterocycles. The summed E-state index contributed by atoms with van der Waals surface area (Å²) in [7, 11) is 1.69. The van der Waals surface area contributed by atoms with Crippen molar-refractivity contribution in [2.24, 2.45) is 16.3 Å². The molecule has 0 aliphatic heterocycles. The number of hydrogen-bond acceptors (Lipinski definition) is 4. The highest BCUT2D eigenvalue weighted by Gasteiger charge is 2.22. The lowest BCUT2D eigenvalue weighted by atomic mass is 9.86. The molecule has 0 spiro atoms. The van der Waals surface area contributed by atoms with Crippen LogP contribution < -0.4 is 5.73 Å². The number of hydrogen-bond donors (Lipinski definition) is 2. The van der Waals surface area contributed by atoms with E-state index in [1.54, 1.807) is 7.11 Å². The summed E-state index contributed by atoms with van der Waals surface area (Å²) in [5.41, 5.74) is 5.36. The van der Waals surface area contributed by atoms with Gasteiger partial charge in [-0.25, -0.2) is 0 Å². The molecular weight excluding hydrogens is 220 g/mol. The molecule has 0 aromatic rings. The summed E-state index contributed by atoms with van der Waals surface area (Å²) in [4.78, 5) is 0. The van der Waals surface area contributed by atoms with Gasteiger partial charge >= 0.3 is 0 Å². The van der Waals surface area contributed by atoms with Crippen molar-refractivity contribution in [2.75, 3.05) is 26.9 Å². The maximum absolute atomic E-state index is 8.62. The maximum Gasteiger partial charge on any atom is 0.144 e. The van der Waals surface area contributed by atoms with E-state index in [1.807, 2.05) is 13.8 Å². The van der Waals surface area contributed by atoms with E-state index in [4.69, 9.17) is 20.4 Å². The predicted octanol–water partition coefficient (Wildman–Crippen LogP) is 1.98. The Labute approximate surface area is 104 Å². The Morgan fingerprint density at radius 3 is 2.41 bits per heavy atom. The van der Waals surface area contributed by atoms with E-state index in [0.717, 1.165) is 45.5 Å². The fraction of sp³-hybridized carbons (Fsp3) is 0.917. The molecular formula is C12H26N2O3. The number of ether oxygens (including phenoxy) is 2. The topological polar surface area (TPSA) is 77.1 Å². The normalized spacial score (nSPS) is 13.0. The highest BCUT2D eigenvalue weighted by Crippen LogP contribution is 2.23. The highest BCUT2D eigenvalue weighted by atomic mass is 16.5. The summed E-state index contributed by atoms with van der Waals surface area (Å²) >= 11 is 0. The van der Waals surface area contributed by atoms with Crippen LogP contribution in [0.5, 0.6) is 0 Å². The zero-order valence-electron chi connectivity index (χ0n) is 11.2. The van der Waals surface area contributed by atoms with Gasteiger partial charge in [-0.3, -0.25) is 0 Å². The largest absolute Gasteiger partial charge is 0.409 e. The van der Waals surface area contributed by atoms with Gasteiger partial charge in [-0.15, -0.1) is 0 Å². The molecule has 5 nitrogen and oxygen atoms in total. The number of unbranched alkanes of at least 4 members (excludes halogenated alkanes) is 1. The Morgan fingerprint density at radius 2 is 1.82 bits per heavy atom. The first-order valence-electron chi connectivity index (χ1n) is 6.09. The lowest BCUT2D eigenvalue weighted by molar-refractivity contribution is 0.0993. The van der Waals surface area contributed by atoms with Crippen LogP contribution in [0.2, 0.25) is 0 Å². The van der Waals surface area contributed by atoms with Crippen LogP contribution in [0.25, 0.3) is 0 Å². The van der Waals surface area contributed by atoms with Crippen molar-refractivity contribution in [1.29, 1.82) is 0 Å². The van der Waals surface area contributed by atoms with Crippen LogP contribution in [0.4, 0.5) is 0 Å². The molecule has 0 aliphatic rings. The molecule has 0 fully saturated rings. The average Bonchev–Trinajstić information content (AvgIpc) is 2.31. The van der Waals surface area contributed by atoms with E-state index >= 15 is 0 Å². The highest BCUT2D eigenvalue weighted by molar-refractivity contribution is 5.85. The molecule has 0 radical (unpaired) electrons. The van der Waals surface area contributed by atoms with Crippen LogP contribution >= 0.6 is 0 Å². The van der Waals surface area contributed by atoms with Gasteiger partial charge in [-0.05, 0) is 19.3 Å². The predicted molar refractivity (Wildman–Crippen MR) is 68.4 cm³/mol. The monoisotopic (exact) mass is 246 g/mol. The van der Waals surface area contributed by atoms with E-state index < -0.39 is 0 Å². The second-order valence-corrected chi connectivity index (χ2v) is 4.78. The first-order chi connectivity index (χ1) is 8.04. The number of amidine groups is 1. The molecule has 102 valence electrons. The third kappa shape index (κ3) is 7.99. The molecule has 0 bridgehead atoms. The third-order valence-electron chi connectivity index (χ3n) is 2.78.